The molecule has 0 radical (unpaired) electrons. The summed E-state index contributed by atoms with van der Waals surface area (Å²) in [6, 6.07) is 0. The molecular formula is C13H20N2O3S. The zero-order valence-electron chi connectivity index (χ0n) is 12.0. The summed E-state index contributed by atoms with van der Waals surface area (Å²) >= 11 is 1.19. The van der Waals surface area contributed by atoms with Gasteiger partial charge in [-0.15, -0.1) is 0 Å². The van der Waals surface area contributed by atoms with E-state index in [-0.39, 0.29) is 17.8 Å². The van der Waals surface area contributed by atoms with Crippen LogP contribution in [0.5, 0.6) is 0 Å². The van der Waals surface area contributed by atoms with Crippen LogP contribution in [-0.2, 0) is 9.53 Å². The molecule has 0 N–H and O–H groups in total. The van der Waals surface area contributed by atoms with Gasteiger partial charge in [0.05, 0.1) is 12.3 Å². The van der Waals surface area contributed by atoms with E-state index in [1.54, 1.807) is 20.9 Å². The molecule has 19 heavy (non-hydrogen) atoms. The highest BCUT2D eigenvalue weighted by Crippen LogP contribution is 2.27. The summed E-state index contributed by atoms with van der Waals surface area (Å²) in [7, 11) is 1.68. The number of hydrogen-bond acceptors (Lipinski definition) is 5. The second-order valence-electron chi connectivity index (χ2n) is 4.34. The molecule has 0 spiro atoms. The minimum absolute atomic E-state index is 0.00617. The fourth-order valence-electron chi connectivity index (χ4n) is 1.51. The summed E-state index contributed by atoms with van der Waals surface area (Å²) in [6.45, 7) is 7.67. The molecule has 0 aliphatic rings. The molecule has 5 nitrogen and oxygen atoms in total. The smallest absolute Gasteiger partial charge is 0.350 e. The maximum atomic E-state index is 12.1. The van der Waals surface area contributed by atoms with Crippen LogP contribution >= 0.6 is 11.3 Å². The largest absolute Gasteiger partial charge is 0.462 e. The topological polar surface area (TPSA) is 59.5 Å². The van der Waals surface area contributed by atoms with Gasteiger partial charge in [-0.2, -0.15) is 0 Å². The lowest BCUT2D eigenvalue weighted by Gasteiger charge is -2.17. The van der Waals surface area contributed by atoms with E-state index in [0.29, 0.717) is 22.3 Å². The minimum atomic E-state index is -0.381. The van der Waals surface area contributed by atoms with Crippen LogP contribution in [0.2, 0.25) is 0 Å². The van der Waals surface area contributed by atoms with E-state index in [2.05, 4.69) is 4.98 Å². The third-order valence-corrected chi connectivity index (χ3v) is 4.11. The molecule has 1 heterocycles. The fourth-order valence-corrected chi connectivity index (χ4v) is 2.44. The van der Waals surface area contributed by atoms with Gasteiger partial charge in [0.25, 0.3) is 0 Å². The minimum Gasteiger partial charge on any atom is -0.462 e. The van der Waals surface area contributed by atoms with Crippen molar-refractivity contribution in [3.63, 3.8) is 0 Å². The Hall–Kier alpha value is -1.43. The number of ether oxygens (including phenoxy) is 1. The number of carbonyl (C=O) groups excluding carboxylic acids is 2. The van der Waals surface area contributed by atoms with E-state index >= 15 is 0 Å². The first-order valence-corrected chi connectivity index (χ1v) is 7.16. The van der Waals surface area contributed by atoms with E-state index in [4.69, 9.17) is 4.74 Å². The highest BCUT2D eigenvalue weighted by atomic mass is 32.1. The zero-order chi connectivity index (χ0) is 14.6. The Morgan fingerprint density at radius 1 is 1.42 bits per heavy atom. The number of hydrogen-bond donors (Lipinski definition) is 0. The van der Waals surface area contributed by atoms with Crippen molar-refractivity contribution in [3.8, 4) is 0 Å². The van der Waals surface area contributed by atoms with Crippen molar-refractivity contribution in [1.82, 2.24) is 4.98 Å². The van der Waals surface area contributed by atoms with Gasteiger partial charge < -0.3 is 4.74 Å². The van der Waals surface area contributed by atoms with E-state index in [0.717, 1.165) is 6.42 Å². The number of amides is 1. The first-order chi connectivity index (χ1) is 8.92. The van der Waals surface area contributed by atoms with Gasteiger partial charge in [-0.05, 0) is 20.3 Å². The molecule has 1 aromatic rings. The van der Waals surface area contributed by atoms with Crippen LogP contribution in [0.15, 0.2) is 0 Å². The van der Waals surface area contributed by atoms with Crippen LogP contribution in [0, 0.1) is 12.8 Å². The number of nitrogens with zero attached hydrogens (tertiary/aromatic N) is 2. The van der Waals surface area contributed by atoms with E-state index in [1.165, 1.54) is 16.2 Å². The zero-order valence-corrected chi connectivity index (χ0v) is 12.8. The van der Waals surface area contributed by atoms with E-state index in [9.17, 15) is 9.59 Å². The van der Waals surface area contributed by atoms with Gasteiger partial charge in [-0.1, -0.05) is 25.2 Å². The average Bonchev–Trinajstić information content (AvgIpc) is 2.78. The monoisotopic (exact) mass is 284 g/mol. The van der Waals surface area contributed by atoms with E-state index in [1.807, 2.05) is 13.8 Å². The maximum Gasteiger partial charge on any atom is 0.350 e. The Morgan fingerprint density at radius 3 is 2.58 bits per heavy atom. The van der Waals surface area contributed by atoms with E-state index < -0.39 is 0 Å². The van der Waals surface area contributed by atoms with Crippen LogP contribution < -0.4 is 4.90 Å². The van der Waals surface area contributed by atoms with Crippen molar-refractivity contribution in [2.45, 2.75) is 34.1 Å². The first kappa shape index (κ1) is 15.6. The molecule has 0 aliphatic heterocycles. The number of anilines is 1. The quantitative estimate of drug-likeness (QED) is 0.780. The third-order valence-electron chi connectivity index (χ3n) is 2.90. The Kier molecular flexibility index (Phi) is 5.47. The van der Waals surface area contributed by atoms with Gasteiger partial charge in [0, 0.05) is 13.0 Å². The lowest BCUT2D eigenvalue weighted by Crippen LogP contribution is -2.31. The average molecular weight is 284 g/mol. The van der Waals surface area contributed by atoms with Crippen LogP contribution in [0.25, 0.3) is 0 Å². The van der Waals surface area contributed by atoms with Crippen LogP contribution in [-0.4, -0.2) is 30.5 Å². The molecule has 6 heteroatoms. The number of esters is 1. The molecule has 1 aromatic heterocycles. The summed E-state index contributed by atoms with van der Waals surface area (Å²) in [5.74, 6) is -0.431. The maximum absolute atomic E-state index is 12.1. The number of aromatic nitrogens is 1. The second kappa shape index (κ2) is 6.65. The molecule has 1 atom stereocenters. The fraction of sp³-hybridized carbons (Fsp3) is 0.615. The summed E-state index contributed by atoms with van der Waals surface area (Å²) in [5, 5.41) is 0.533. The normalized spacial score (nSPS) is 12.1. The molecule has 1 unspecified atom stereocenters. The van der Waals surface area contributed by atoms with Gasteiger partial charge in [0.15, 0.2) is 5.13 Å². The molecule has 0 bridgehead atoms. The highest BCUT2D eigenvalue weighted by molar-refractivity contribution is 7.17. The highest BCUT2D eigenvalue weighted by Gasteiger charge is 2.23. The lowest BCUT2D eigenvalue weighted by atomic mass is 10.1. The summed E-state index contributed by atoms with van der Waals surface area (Å²) in [5.41, 5.74) is 0.599. The molecule has 0 fully saturated rings. The predicted molar refractivity (Wildman–Crippen MR) is 75.7 cm³/mol. The van der Waals surface area contributed by atoms with Crippen molar-refractivity contribution in [2.75, 3.05) is 18.6 Å². The SMILES string of the molecule is CCOC(=O)c1sc(N(C)C(=O)C(C)CC)nc1C. The second-order valence-corrected chi connectivity index (χ2v) is 5.32. The predicted octanol–water partition coefficient (Wildman–Crippen LogP) is 2.64. The van der Waals surface area contributed by atoms with Gasteiger partial charge in [-0.25, -0.2) is 9.78 Å². The molecule has 0 aromatic carbocycles. The van der Waals surface area contributed by atoms with Crippen molar-refractivity contribution in [3.05, 3.63) is 10.6 Å². The van der Waals surface area contributed by atoms with Crippen LogP contribution in [0.1, 0.15) is 42.6 Å². The summed E-state index contributed by atoms with van der Waals surface area (Å²) in [4.78, 5) is 30.0. The number of rotatable bonds is 5. The van der Waals surface area contributed by atoms with Gasteiger partial charge in [0.2, 0.25) is 5.91 Å². The molecular weight excluding hydrogens is 264 g/mol. The third kappa shape index (κ3) is 3.53. The summed E-state index contributed by atoms with van der Waals surface area (Å²) < 4.78 is 4.96. The van der Waals surface area contributed by atoms with Gasteiger partial charge in [-0.3, -0.25) is 9.69 Å². The number of thiazole rings is 1. The van der Waals surface area contributed by atoms with Gasteiger partial charge >= 0.3 is 5.97 Å². The Morgan fingerprint density at radius 2 is 2.05 bits per heavy atom. The van der Waals surface area contributed by atoms with Crippen molar-refractivity contribution < 1.29 is 14.3 Å². The first-order valence-electron chi connectivity index (χ1n) is 6.34. The molecule has 1 rings (SSSR count). The molecule has 0 saturated heterocycles. The summed E-state index contributed by atoms with van der Waals surface area (Å²) in [6.07, 6.45) is 0.776. The molecule has 0 aliphatic carbocycles. The Bertz CT molecular complexity index is 470. The van der Waals surface area contributed by atoms with Crippen LogP contribution in [0.3, 0.4) is 0 Å². The number of aryl methyl sites for hydroxylation is 1. The van der Waals surface area contributed by atoms with Crippen molar-refractivity contribution in [2.24, 2.45) is 5.92 Å². The van der Waals surface area contributed by atoms with Crippen molar-refractivity contribution in [1.29, 1.82) is 0 Å². The van der Waals surface area contributed by atoms with Gasteiger partial charge in [0.1, 0.15) is 4.88 Å². The Balaban J connectivity index is 2.94. The molecule has 1 amide bonds. The lowest BCUT2D eigenvalue weighted by molar-refractivity contribution is -0.121. The van der Waals surface area contributed by atoms with Crippen molar-refractivity contribution >= 4 is 28.3 Å². The van der Waals surface area contributed by atoms with Crippen LogP contribution in [0.4, 0.5) is 5.13 Å². The Labute approximate surface area is 117 Å². The number of carbonyl (C=O) groups is 2. The molecule has 106 valence electrons. The standard InChI is InChI=1S/C13H20N2O3S/c1-6-8(3)11(16)15(5)13-14-9(4)10(19-13)12(17)18-7-2/h8H,6-7H2,1-5H3. The molecule has 0 saturated carbocycles.